The van der Waals surface area contributed by atoms with Crippen LogP contribution in [-0.2, 0) is 4.79 Å². The second-order valence-electron chi connectivity index (χ2n) is 5.78. The van der Waals surface area contributed by atoms with Crippen molar-refractivity contribution in [1.82, 2.24) is 9.78 Å². The molecule has 0 aliphatic carbocycles. The van der Waals surface area contributed by atoms with Gasteiger partial charge in [-0.25, -0.2) is 4.68 Å². The number of para-hydroxylation sites is 3. The number of carbonyl (C=O) groups is 2. The Labute approximate surface area is 149 Å². The molecule has 1 N–H and O–H groups in total. The van der Waals surface area contributed by atoms with Gasteiger partial charge in [0.25, 0.3) is 5.91 Å². The summed E-state index contributed by atoms with van der Waals surface area (Å²) < 4.78 is 6.93. The Morgan fingerprint density at radius 3 is 2.62 bits per heavy atom. The number of rotatable bonds is 3. The first-order valence-electron chi connectivity index (χ1n) is 8.07. The number of amides is 2. The van der Waals surface area contributed by atoms with Gasteiger partial charge < -0.3 is 10.1 Å². The number of ether oxygens (including phenoxy) is 1. The van der Waals surface area contributed by atoms with Crippen LogP contribution >= 0.6 is 0 Å². The van der Waals surface area contributed by atoms with Crippen LogP contribution in [0.1, 0.15) is 10.5 Å². The van der Waals surface area contributed by atoms with Gasteiger partial charge in [-0.15, -0.1) is 0 Å². The second-order valence-corrected chi connectivity index (χ2v) is 5.78. The molecule has 0 unspecified atom stereocenters. The zero-order chi connectivity index (χ0) is 18.1. The molecule has 0 saturated heterocycles. The van der Waals surface area contributed by atoms with Crippen molar-refractivity contribution in [2.75, 3.05) is 23.9 Å². The molecule has 7 nitrogen and oxygen atoms in total. The molecule has 0 spiro atoms. The van der Waals surface area contributed by atoms with Crippen LogP contribution in [0.25, 0.3) is 5.69 Å². The Bertz CT molecular complexity index is 981. The van der Waals surface area contributed by atoms with Gasteiger partial charge in [-0.05, 0) is 24.3 Å². The van der Waals surface area contributed by atoms with Crippen LogP contribution < -0.4 is 15.0 Å². The van der Waals surface area contributed by atoms with Crippen LogP contribution in [0.2, 0.25) is 0 Å². The maximum absolute atomic E-state index is 13.1. The van der Waals surface area contributed by atoms with Crippen molar-refractivity contribution in [3.63, 3.8) is 0 Å². The number of methoxy groups -OCH3 is 1. The summed E-state index contributed by atoms with van der Waals surface area (Å²) in [5.41, 5.74) is 2.19. The third-order valence-electron chi connectivity index (χ3n) is 4.14. The zero-order valence-electron chi connectivity index (χ0n) is 14.0. The topological polar surface area (TPSA) is 76.5 Å². The summed E-state index contributed by atoms with van der Waals surface area (Å²) in [4.78, 5) is 26.5. The Kier molecular flexibility index (Phi) is 3.89. The van der Waals surface area contributed by atoms with E-state index in [-0.39, 0.29) is 24.1 Å². The molecule has 3 aromatic rings. The van der Waals surface area contributed by atoms with Gasteiger partial charge in [0.15, 0.2) is 11.4 Å². The molecule has 130 valence electrons. The van der Waals surface area contributed by atoms with Crippen molar-refractivity contribution < 1.29 is 14.3 Å². The monoisotopic (exact) mass is 348 g/mol. The van der Waals surface area contributed by atoms with Gasteiger partial charge in [0.1, 0.15) is 6.54 Å². The molecule has 0 fully saturated rings. The predicted molar refractivity (Wildman–Crippen MR) is 96.9 cm³/mol. The molecule has 0 atom stereocenters. The molecule has 1 aliphatic heterocycles. The van der Waals surface area contributed by atoms with Crippen LogP contribution in [-0.4, -0.2) is 35.2 Å². The van der Waals surface area contributed by atoms with Gasteiger partial charge in [0, 0.05) is 0 Å². The van der Waals surface area contributed by atoms with Gasteiger partial charge in [-0.1, -0.05) is 30.3 Å². The molecule has 2 amide bonds. The average Bonchev–Trinajstić information content (AvgIpc) is 3.12. The van der Waals surface area contributed by atoms with Crippen LogP contribution in [0.5, 0.6) is 5.75 Å². The SMILES string of the molecule is COc1cn(-c2ccccc2)nc1C(=O)N1CC(=O)Nc2ccccc21. The van der Waals surface area contributed by atoms with Crippen LogP contribution in [0.3, 0.4) is 0 Å². The number of fused-ring (bicyclic) bond motifs is 1. The number of anilines is 2. The number of benzene rings is 2. The van der Waals surface area contributed by atoms with Crippen molar-refractivity contribution in [3.8, 4) is 11.4 Å². The Balaban J connectivity index is 1.75. The number of nitrogens with zero attached hydrogens (tertiary/aromatic N) is 3. The fourth-order valence-electron chi connectivity index (χ4n) is 2.91. The first kappa shape index (κ1) is 15.9. The Morgan fingerprint density at radius 1 is 1.12 bits per heavy atom. The third-order valence-corrected chi connectivity index (χ3v) is 4.14. The van der Waals surface area contributed by atoms with Crippen molar-refractivity contribution >= 4 is 23.2 Å². The predicted octanol–water partition coefficient (Wildman–Crippen LogP) is 2.48. The van der Waals surface area contributed by atoms with E-state index in [4.69, 9.17) is 4.74 Å². The average molecular weight is 348 g/mol. The van der Waals surface area contributed by atoms with Gasteiger partial charge in [0.2, 0.25) is 5.91 Å². The molecular weight excluding hydrogens is 332 g/mol. The van der Waals surface area contributed by atoms with E-state index in [1.165, 1.54) is 12.0 Å². The molecule has 1 aromatic heterocycles. The summed E-state index contributed by atoms with van der Waals surface area (Å²) in [5, 5.41) is 7.16. The van der Waals surface area contributed by atoms with Gasteiger partial charge in [0.05, 0.1) is 30.4 Å². The molecule has 26 heavy (non-hydrogen) atoms. The molecule has 7 heteroatoms. The highest BCUT2D eigenvalue weighted by atomic mass is 16.5. The molecule has 0 saturated carbocycles. The minimum Gasteiger partial charge on any atom is -0.493 e. The Morgan fingerprint density at radius 2 is 1.85 bits per heavy atom. The quantitative estimate of drug-likeness (QED) is 0.789. The van der Waals surface area contributed by atoms with E-state index in [9.17, 15) is 9.59 Å². The lowest BCUT2D eigenvalue weighted by Gasteiger charge is -2.28. The van der Waals surface area contributed by atoms with Gasteiger partial charge in [-0.2, -0.15) is 5.10 Å². The van der Waals surface area contributed by atoms with Gasteiger partial charge in [-0.3, -0.25) is 14.5 Å². The smallest absolute Gasteiger partial charge is 0.283 e. The summed E-state index contributed by atoms with van der Waals surface area (Å²) in [6, 6.07) is 16.6. The molecule has 0 radical (unpaired) electrons. The summed E-state index contributed by atoms with van der Waals surface area (Å²) in [6.07, 6.45) is 1.65. The second kappa shape index (κ2) is 6.36. The summed E-state index contributed by atoms with van der Waals surface area (Å²) in [7, 11) is 1.49. The third kappa shape index (κ3) is 2.69. The summed E-state index contributed by atoms with van der Waals surface area (Å²) in [5.74, 6) is -0.292. The highest BCUT2D eigenvalue weighted by molar-refractivity contribution is 6.15. The minimum atomic E-state index is -0.390. The van der Waals surface area contributed by atoms with Crippen molar-refractivity contribution in [2.24, 2.45) is 0 Å². The number of hydrogen-bond acceptors (Lipinski definition) is 4. The largest absolute Gasteiger partial charge is 0.493 e. The molecule has 2 heterocycles. The summed E-state index contributed by atoms with van der Waals surface area (Å²) in [6.45, 7) is -0.0722. The van der Waals surface area contributed by atoms with Crippen molar-refractivity contribution in [1.29, 1.82) is 0 Å². The van der Waals surface area contributed by atoms with E-state index in [1.807, 2.05) is 36.4 Å². The minimum absolute atomic E-state index is 0.0722. The molecule has 4 rings (SSSR count). The first-order valence-corrected chi connectivity index (χ1v) is 8.07. The normalized spacial score (nSPS) is 13.1. The Hall–Kier alpha value is -3.61. The number of hydrogen-bond donors (Lipinski definition) is 1. The van der Waals surface area contributed by atoms with Crippen LogP contribution in [0, 0.1) is 0 Å². The number of nitrogens with one attached hydrogen (secondary N) is 1. The molecule has 1 aliphatic rings. The zero-order valence-corrected chi connectivity index (χ0v) is 14.0. The number of aromatic nitrogens is 2. The van der Waals surface area contributed by atoms with Crippen molar-refractivity contribution in [3.05, 3.63) is 66.5 Å². The fourth-order valence-corrected chi connectivity index (χ4v) is 2.91. The first-order chi connectivity index (χ1) is 12.7. The highest BCUT2D eigenvalue weighted by Gasteiger charge is 2.31. The van der Waals surface area contributed by atoms with Crippen molar-refractivity contribution in [2.45, 2.75) is 0 Å². The van der Waals surface area contributed by atoms with Gasteiger partial charge >= 0.3 is 0 Å². The van der Waals surface area contributed by atoms with Crippen LogP contribution in [0.4, 0.5) is 11.4 Å². The highest BCUT2D eigenvalue weighted by Crippen LogP contribution is 2.31. The lowest BCUT2D eigenvalue weighted by Crippen LogP contribution is -2.42. The molecule has 0 bridgehead atoms. The van der Waals surface area contributed by atoms with E-state index < -0.39 is 0 Å². The maximum atomic E-state index is 13.1. The number of carbonyl (C=O) groups excluding carboxylic acids is 2. The van der Waals surface area contributed by atoms with E-state index in [1.54, 1.807) is 29.1 Å². The molecular formula is C19H16N4O3. The van der Waals surface area contributed by atoms with Crippen LogP contribution in [0.15, 0.2) is 60.8 Å². The van der Waals surface area contributed by atoms with E-state index >= 15 is 0 Å². The maximum Gasteiger partial charge on any atom is 0.283 e. The fraction of sp³-hybridized carbons (Fsp3) is 0.105. The van der Waals surface area contributed by atoms with E-state index in [0.29, 0.717) is 17.1 Å². The van der Waals surface area contributed by atoms with E-state index in [0.717, 1.165) is 5.69 Å². The lowest BCUT2D eigenvalue weighted by molar-refractivity contribution is -0.115. The van der Waals surface area contributed by atoms with E-state index in [2.05, 4.69) is 10.4 Å². The standard InChI is InChI=1S/C19H16N4O3/c1-26-16-11-23(13-7-3-2-4-8-13)21-18(16)19(25)22-12-17(24)20-14-9-5-6-10-15(14)22/h2-11H,12H2,1H3,(H,20,24). The summed E-state index contributed by atoms with van der Waals surface area (Å²) >= 11 is 0. The molecule has 2 aromatic carbocycles. The lowest BCUT2D eigenvalue weighted by atomic mass is 10.1.